The minimum atomic E-state index is -0.472. The van der Waals surface area contributed by atoms with Crippen LogP contribution in [0.5, 0.6) is 11.5 Å². The molecule has 0 N–H and O–H groups in total. The van der Waals surface area contributed by atoms with Gasteiger partial charge in [0.1, 0.15) is 17.3 Å². The summed E-state index contributed by atoms with van der Waals surface area (Å²) in [5, 5.41) is 0.0287. The Balaban J connectivity index is 2.25. The molecule has 0 atom stereocenters. The van der Waals surface area contributed by atoms with Crippen LogP contribution in [0, 0.1) is 5.82 Å². The highest BCUT2D eigenvalue weighted by molar-refractivity contribution is 9.10. The molecule has 0 unspecified atom stereocenters. The Morgan fingerprint density at radius 3 is 2.56 bits per heavy atom. The van der Waals surface area contributed by atoms with Crippen molar-refractivity contribution in [3.8, 4) is 11.5 Å². The SMILES string of the molecule is Fc1ccc(Oc2ccc(CCl)cc2Br)cc1Cl. The number of benzene rings is 2. The zero-order valence-electron chi connectivity index (χ0n) is 9.09. The minimum Gasteiger partial charge on any atom is -0.456 e. The molecule has 2 aromatic carbocycles. The van der Waals surface area contributed by atoms with Crippen molar-refractivity contribution in [2.75, 3.05) is 0 Å². The first kappa shape index (κ1) is 13.7. The third-order valence-corrected chi connectivity index (χ3v) is 3.49. The molecule has 2 rings (SSSR count). The van der Waals surface area contributed by atoms with Crippen molar-refractivity contribution >= 4 is 39.1 Å². The van der Waals surface area contributed by atoms with Gasteiger partial charge in [0.05, 0.1) is 9.50 Å². The first-order valence-electron chi connectivity index (χ1n) is 5.07. The van der Waals surface area contributed by atoms with Gasteiger partial charge in [-0.05, 0) is 45.8 Å². The van der Waals surface area contributed by atoms with Gasteiger partial charge >= 0.3 is 0 Å². The van der Waals surface area contributed by atoms with Gasteiger partial charge in [-0.15, -0.1) is 11.6 Å². The van der Waals surface area contributed by atoms with E-state index in [0.29, 0.717) is 17.4 Å². The van der Waals surface area contributed by atoms with Gasteiger partial charge in [0.2, 0.25) is 0 Å². The van der Waals surface area contributed by atoms with Gasteiger partial charge in [-0.25, -0.2) is 4.39 Å². The minimum absolute atomic E-state index is 0.0287. The molecule has 0 saturated heterocycles. The van der Waals surface area contributed by atoms with E-state index in [-0.39, 0.29) is 5.02 Å². The molecule has 0 heterocycles. The van der Waals surface area contributed by atoms with E-state index in [1.165, 1.54) is 18.2 Å². The lowest BCUT2D eigenvalue weighted by atomic mass is 10.2. The van der Waals surface area contributed by atoms with Crippen LogP contribution in [0.2, 0.25) is 5.02 Å². The number of hydrogen-bond donors (Lipinski definition) is 0. The van der Waals surface area contributed by atoms with Crippen LogP contribution in [0.25, 0.3) is 0 Å². The van der Waals surface area contributed by atoms with Crippen molar-refractivity contribution < 1.29 is 9.13 Å². The zero-order chi connectivity index (χ0) is 13.1. The monoisotopic (exact) mass is 348 g/mol. The summed E-state index contributed by atoms with van der Waals surface area (Å²) in [6.45, 7) is 0. The molecule has 0 amide bonds. The highest BCUT2D eigenvalue weighted by Crippen LogP contribution is 2.32. The topological polar surface area (TPSA) is 9.23 Å². The first-order valence-corrected chi connectivity index (χ1v) is 6.78. The Kier molecular flexibility index (Phi) is 4.49. The summed E-state index contributed by atoms with van der Waals surface area (Å²) in [4.78, 5) is 0. The lowest BCUT2D eigenvalue weighted by Crippen LogP contribution is -1.88. The fourth-order valence-corrected chi connectivity index (χ4v) is 2.22. The summed E-state index contributed by atoms with van der Waals surface area (Å²) in [7, 11) is 0. The van der Waals surface area contributed by atoms with Gasteiger partial charge in [-0.2, -0.15) is 0 Å². The van der Waals surface area contributed by atoms with E-state index in [0.717, 1.165) is 10.0 Å². The maximum atomic E-state index is 13.0. The van der Waals surface area contributed by atoms with Crippen LogP contribution in [0.15, 0.2) is 40.9 Å². The Hall–Kier alpha value is -0.770. The molecule has 0 aliphatic heterocycles. The summed E-state index contributed by atoms with van der Waals surface area (Å²) in [5.74, 6) is 1.05. The van der Waals surface area contributed by atoms with Crippen molar-refractivity contribution in [1.29, 1.82) is 0 Å². The second-order valence-corrected chi connectivity index (χ2v) is 5.11. The van der Waals surface area contributed by atoms with Gasteiger partial charge in [-0.1, -0.05) is 17.7 Å². The highest BCUT2D eigenvalue weighted by Gasteiger charge is 2.06. The summed E-state index contributed by atoms with van der Waals surface area (Å²) < 4.78 is 19.4. The predicted molar refractivity (Wildman–Crippen MR) is 75.2 cm³/mol. The van der Waals surface area contributed by atoms with Gasteiger partial charge in [0.25, 0.3) is 0 Å². The number of halogens is 4. The van der Waals surface area contributed by atoms with Crippen molar-refractivity contribution in [2.24, 2.45) is 0 Å². The number of ether oxygens (including phenoxy) is 1. The van der Waals surface area contributed by atoms with Gasteiger partial charge in [0.15, 0.2) is 0 Å². The average molecular weight is 350 g/mol. The summed E-state index contributed by atoms with van der Waals surface area (Å²) in [5.41, 5.74) is 0.980. The standard InChI is InChI=1S/C13H8BrCl2FO/c14-10-5-8(7-15)1-4-13(10)18-9-2-3-12(17)11(16)6-9/h1-6H,7H2. The average Bonchev–Trinajstić information content (AvgIpc) is 2.36. The Morgan fingerprint density at radius 1 is 1.17 bits per heavy atom. The first-order chi connectivity index (χ1) is 8.60. The molecule has 0 bridgehead atoms. The van der Waals surface area contributed by atoms with E-state index < -0.39 is 5.82 Å². The molecule has 5 heteroatoms. The van der Waals surface area contributed by atoms with Crippen LogP contribution >= 0.6 is 39.1 Å². The fourth-order valence-electron chi connectivity index (χ4n) is 1.38. The molecule has 1 nitrogen and oxygen atoms in total. The Labute approximate surface area is 123 Å². The molecule has 0 aromatic heterocycles. The smallest absolute Gasteiger partial charge is 0.142 e. The van der Waals surface area contributed by atoms with E-state index in [4.69, 9.17) is 27.9 Å². The van der Waals surface area contributed by atoms with Crippen LogP contribution in [-0.2, 0) is 5.88 Å². The molecule has 0 radical (unpaired) electrons. The van der Waals surface area contributed by atoms with Crippen molar-refractivity contribution in [1.82, 2.24) is 0 Å². The molecule has 0 saturated carbocycles. The second-order valence-electron chi connectivity index (χ2n) is 3.58. The molecule has 0 aliphatic carbocycles. The third-order valence-electron chi connectivity index (χ3n) is 2.27. The summed E-state index contributed by atoms with van der Waals surface area (Å²) in [6.07, 6.45) is 0. The maximum Gasteiger partial charge on any atom is 0.142 e. The molecule has 2 aromatic rings. The van der Waals surface area contributed by atoms with Crippen LogP contribution in [0.4, 0.5) is 4.39 Å². The predicted octanol–water partition coefficient (Wildman–Crippen LogP) is 5.77. The fraction of sp³-hybridized carbons (Fsp3) is 0.0769. The molecular formula is C13H8BrCl2FO. The van der Waals surface area contributed by atoms with Crippen molar-refractivity contribution in [3.63, 3.8) is 0 Å². The van der Waals surface area contributed by atoms with E-state index in [2.05, 4.69) is 15.9 Å². The largest absolute Gasteiger partial charge is 0.456 e. The van der Waals surface area contributed by atoms with E-state index in [1.807, 2.05) is 12.1 Å². The van der Waals surface area contributed by atoms with Crippen LogP contribution in [0.1, 0.15) is 5.56 Å². The lowest BCUT2D eigenvalue weighted by Gasteiger charge is -2.09. The normalized spacial score (nSPS) is 10.4. The van der Waals surface area contributed by atoms with Crippen LogP contribution in [0.3, 0.4) is 0 Å². The molecule has 0 spiro atoms. The van der Waals surface area contributed by atoms with Gasteiger partial charge < -0.3 is 4.74 Å². The molecular weight excluding hydrogens is 342 g/mol. The Morgan fingerprint density at radius 2 is 1.94 bits per heavy atom. The third kappa shape index (κ3) is 3.16. The second kappa shape index (κ2) is 5.91. The summed E-state index contributed by atoms with van der Waals surface area (Å²) in [6, 6.07) is 9.73. The lowest BCUT2D eigenvalue weighted by molar-refractivity contribution is 0.477. The van der Waals surface area contributed by atoms with Crippen molar-refractivity contribution in [3.05, 3.63) is 57.3 Å². The van der Waals surface area contributed by atoms with Crippen LogP contribution < -0.4 is 4.74 Å². The quantitative estimate of drug-likeness (QED) is 0.639. The highest BCUT2D eigenvalue weighted by atomic mass is 79.9. The number of alkyl halides is 1. The van der Waals surface area contributed by atoms with E-state index >= 15 is 0 Å². The number of hydrogen-bond acceptors (Lipinski definition) is 1. The number of rotatable bonds is 3. The molecule has 18 heavy (non-hydrogen) atoms. The van der Waals surface area contributed by atoms with E-state index in [9.17, 15) is 4.39 Å². The van der Waals surface area contributed by atoms with Gasteiger partial charge in [-0.3, -0.25) is 0 Å². The summed E-state index contributed by atoms with van der Waals surface area (Å²) >= 11 is 14.8. The van der Waals surface area contributed by atoms with E-state index in [1.54, 1.807) is 6.07 Å². The molecule has 0 fully saturated rings. The molecule has 94 valence electrons. The van der Waals surface area contributed by atoms with Crippen LogP contribution in [-0.4, -0.2) is 0 Å². The zero-order valence-corrected chi connectivity index (χ0v) is 12.2. The van der Waals surface area contributed by atoms with Gasteiger partial charge in [0, 0.05) is 11.9 Å². The van der Waals surface area contributed by atoms with Crippen molar-refractivity contribution in [2.45, 2.75) is 5.88 Å². The molecule has 0 aliphatic rings. The Bertz CT molecular complexity index is 575. The maximum absolute atomic E-state index is 13.0.